The molecule has 24 heavy (non-hydrogen) atoms. The van der Waals surface area contributed by atoms with Gasteiger partial charge in [-0.05, 0) is 36.4 Å². The van der Waals surface area contributed by atoms with Gasteiger partial charge in [0.15, 0.2) is 0 Å². The van der Waals surface area contributed by atoms with E-state index in [1.807, 2.05) is 6.21 Å². The van der Waals surface area contributed by atoms with E-state index < -0.39 is 0 Å². The van der Waals surface area contributed by atoms with Crippen molar-refractivity contribution in [2.75, 3.05) is 6.26 Å². The molecule has 3 rings (SSSR count). The van der Waals surface area contributed by atoms with Crippen LogP contribution in [0.25, 0.3) is 0 Å². The van der Waals surface area contributed by atoms with Crippen LogP contribution in [0.3, 0.4) is 0 Å². The van der Waals surface area contributed by atoms with E-state index in [0.29, 0.717) is 0 Å². The Kier molecular flexibility index (Phi) is 5.72. The molecule has 122 valence electrons. The van der Waals surface area contributed by atoms with Crippen molar-refractivity contribution in [1.29, 1.82) is 0 Å². The number of nitrogens with zero attached hydrogens (tertiary/aromatic N) is 4. The summed E-state index contributed by atoms with van der Waals surface area (Å²) in [4.78, 5) is 1.24. The molecule has 0 N–H and O–H groups in total. The van der Waals surface area contributed by atoms with Crippen LogP contribution in [0.4, 0.5) is 0 Å². The molecule has 6 heteroatoms. The van der Waals surface area contributed by atoms with Gasteiger partial charge in [0.2, 0.25) is 5.16 Å². The Labute approximate surface area is 150 Å². The van der Waals surface area contributed by atoms with E-state index in [1.54, 1.807) is 34.5 Å². The van der Waals surface area contributed by atoms with Gasteiger partial charge in [-0.2, -0.15) is 9.78 Å². The topological polar surface area (TPSA) is 43.1 Å². The molecule has 0 unspecified atom stereocenters. The number of aromatic nitrogens is 3. The van der Waals surface area contributed by atoms with Gasteiger partial charge in [0.25, 0.3) is 0 Å². The Morgan fingerprint density at radius 1 is 1.08 bits per heavy atom. The van der Waals surface area contributed by atoms with Gasteiger partial charge in [0, 0.05) is 10.6 Å². The minimum Gasteiger partial charge on any atom is -0.195 e. The summed E-state index contributed by atoms with van der Waals surface area (Å²) in [6.45, 7) is 2.09. The maximum absolute atomic E-state index is 4.46. The Balaban J connectivity index is 1.65. The van der Waals surface area contributed by atoms with Crippen LogP contribution in [-0.2, 0) is 5.75 Å². The minimum absolute atomic E-state index is 0.785. The fourth-order valence-electron chi connectivity index (χ4n) is 2.04. The molecule has 3 aromatic rings. The quantitative estimate of drug-likeness (QED) is 0.483. The summed E-state index contributed by atoms with van der Waals surface area (Å²) in [6.07, 6.45) is 5.52. The molecule has 0 aliphatic heterocycles. The summed E-state index contributed by atoms with van der Waals surface area (Å²) in [5.74, 6) is 0.844. The van der Waals surface area contributed by atoms with Crippen molar-refractivity contribution < 1.29 is 0 Å². The number of thioether (sulfide) groups is 2. The molecule has 0 aliphatic carbocycles. The largest absolute Gasteiger partial charge is 0.212 e. The molecule has 2 aromatic carbocycles. The van der Waals surface area contributed by atoms with Gasteiger partial charge < -0.3 is 0 Å². The van der Waals surface area contributed by atoms with Crippen molar-refractivity contribution in [2.24, 2.45) is 5.10 Å². The molecule has 4 nitrogen and oxygen atoms in total. The second-order valence-corrected chi connectivity index (χ2v) is 7.07. The predicted molar refractivity (Wildman–Crippen MR) is 102 cm³/mol. The van der Waals surface area contributed by atoms with E-state index in [9.17, 15) is 0 Å². The highest BCUT2D eigenvalue weighted by Crippen LogP contribution is 2.21. The molecular formula is C18H18N4S2. The van der Waals surface area contributed by atoms with Gasteiger partial charge in [-0.15, -0.1) is 22.0 Å². The first-order valence-electron chi connectivity index (χ1n) is 7.51. The van der Waals surface area contributed by atoms with Gasteiger partial charge in [-0.1, -0.05) is 53.7 Å². The molecule has 0 aliphatic rings. The standard InChI is InChI=1S/C18H18N4S2/c1-14-3-5-16(6-4-14)12-24-18-21-19-13-22(18)20-11-15-7-9-17(23-2)10-8-15/h3-11,13H,12H2,1-2H3/b20-11+. The maximum Gasteiger partial charge on any atom is 0.212 e. The maximum atomic E-state index is 4.46. The lowest BCUT2D eigenvalue weighted by molar-refractivity contribution is 0.767. The lowest BCUT2D eigenvalue weighted by atomic mass is 10.2. The van der Waals surface area contributed by atoms with Gasteiger partial charge in [-0.3, -0.25) is 0 Å². The first kappa shape index (κ1) is 16.8. The van der Waals surface area contributed by atoms with Crippen molar-refractivity contribution in [3.63, 3.8) is 0 Å². The molecule has 0 radical (unpaired) electrons. The Bertz CT molecular complexity index is 808. The molecular weight excluding hydrogens is 336 g/mol. The smallest absolute Gasteiger partial charge is 0.195 e. The van der Waals surface area contributed by atoms with Gasteiger partial charge >= 0.3 is 0 Å². The fourth-order valence-corrected chi connectivity index (χ4v) is 3.27. The summed E-state index contributed by atoms with van der Waals surface area (Å²) in [7, 11) is 0. The van der Waals surface area contributed by atoms with Gasteiger partial charge in [0.1, 0.15) is 6.33 Å². The van der Waals surface area contributed by atoms with E-state index in [2.05, 4.69) is 77.0 Å². The van der Waals surface area contributed by atoms with Crippen LogP contribution in [0.1, 0.15) is 16.7 Å². The lowest BCUT2D eigenvalue weighted by Crippen LogP contribution is -1.93. The van der Waals surface area contributed by atoms with Crippen molar-refractivity contribution in [1.82, 2.24) is 14.9 Å². The second kappa shape index (κ2) is 8.17. The van der Waals surface area contributed by atoms with Crippen LogP contribution in [0.2, 0.25) is 0 Å². The normalized spacial score (nSPS) is 11.2. The molecule has 1 aromatic heterocycles. The molecule has 0 atom stereocenters. The third kappa shape index (κ3) is 4.49. The van der Waals surface area contributed by atoms with Crippen LogP contribution in [0.5, 0.6) is 0 Å². The number of hydrogen-bond donors (Lipinski definition) is 0. The Hall–Kier alpha value is -2.05. The van der Waals surface area contributed by atoms with E-state index in [-0.39, 0.29) is 0 Å². The van der Waals surface area contributed by atoms with Crippen LogP contribution in [-0.4, -0.2) is 27.3 Å². The first-order chi connectivity index (χ1) is 11.7. The van der Waals surface area contributed by atoms with E-state index in [0.717, 1.165) is 16.5 Å². The Morgan fingerprint density at radius 2 is 1.83 bits per heavy atom. The zero-order valence-corrected chi connectivity index (χ0v) is 15.2. The highest BCUT2D eigenvalue weighted by molar-refractivity contribution is 7.98. The molecule has 0 fully saturated rings. The summed E-state index contributed by atoms with van der Waals surface area (Å²) >= 11 is 3.35. The number of benzene rings is 2. The number of hydrogen-bond acceptors (Lipinski definition) is 5. The van der Waals surface area contributed by atoms with E-state index in [4.69, 9.17) is 0 Å². The SMILES string of the molecule is CSc1ccc(/C=N/n2cnnc2SCc2ccc(C)cc2)cc1. The number of rotatable bonds is 6. The minimum atomic E-state index is 0.785. The van der Waals surface area contributed by atoms with Crippen molar-refractivity contribution in [2.45, 2.75) is 22.7 Å². The van der Waals surface area contributed by atoms with Crippen molar-refractivity contribution >= 4 is 29.7 Å². The second-order valence-electron chi connectivity index (χ2n) is 5.25. The lowest BCUT2D eigenvalue weighted by Gasteiger charge is -2.02. The molecule has 0 saturated heterocycles. The molecule has 0 saturated carbocycles. The summed E-state index contributed by atoms with van der Waals surface area (Å²) < 4.78 is 1.71. The third-order valence-electron chi connectivity index (χ3n) is 3.44. The summed E-state index contributed by atoms with van der Waals surface area (Å²) in [6, 6.07) is 16.8. The predicted octanol–water partition coefficient (Wildman–Crippen LogP) is 4.48. The summed E-state index contributed by atoms with van der Waals surface area (Å²) in [5, 5.41) is 13.4. The molecule has 0 amide bonds. The molecule has 0 spiro atoms. The van der Waals surface area contributed by atoms with Crippen LogP contribution < -0.4 is 0 Å². The fraction of sp³-hybridized carbons (Fsp3) is 0.167. The van der Waals surface area contributed by atoms with Crippen LogP contribution >= 0.6 is 23.5 Å². The van der Waals surface area contributed by atoms with Crippen LogP contribution in [0, 0.1) is 6.92 Å². The average molecular weight is 355 g/mol. The average Bonchev–Trinajstić information content (AvgIpc) is 3.07. The van der Waals surface area contributed by atoms with Gasteiger partial charge in [-0.25, -0.2) is 0 Å². The zero-order valence-electron chi connectivity index (χ0n) is 13.6. The van der Waals surface area contributed by atoms with Gasteiger partial charge in [0.05, 0.1) is 6.21 Å². The summed E-state index contributed by atoms with van der Waals surface area (Å²) in [5.41, 5.74) is 3.58. The third-order valence-corrected chi connectivity index (χ3v) is 5.18. The Morgan fingerprint density at radius 3 is 2.54 bits per heavy atom. The van der Waals surface area contributed by atoms with Crippen LogP contribution in [0.15, 0.2) is 70.0 Å². The highest BCUT2D eigenvalue weighted by Gasteiger charge is 2.04. The number of aryl methyl sites for hydroxylation is 1. The van der Waals surface area contributed by atoms with E-state index in [1.165, 1.54) is 16.0 Å². The highest BCUT2D eigenvalue weighted by atomic mass is 32.2. The van der Waals surface area contributed by atoms with E-state index >= 15 is 0 Å². The monoisotopic (exact) mass is 354 g/mol. The van der Waals surface area contributed by atoms with Crippen molar-refractivity contribution in [3.05, 3.63) is 71.5 Å². The molecule has 0 bridgehead atoms. The first-order valence-corrected chi connectivity index (χ1v) is 9.72. The van der Waals surface area contributed by atoms with Crippen molar-refractivity contribution in [3.8, 4) is 0 Å². The molecule has 1 heterocycles. The zero-order chi connectivity index (χ0) is 16.8.